The summed E-state index contributed by atoms with van der Waals surface area (Å²) in [6.07, 6.45) is 44.2. The van der Waals surface area contributed by atoms with Crippen LogP contribution >= 0.6 is 34.4 Å². The highest BCUT2D eigenvalue weighted by atomic mass is 32.1. The minimum atomic E-state index is -0.557. The summed E-state index contributed by atoms with van der Waals surface area (Å²) < 4.78 is 20.8. The van der Waals surface area contributed by atoms with Gasteiger partial charge >= 0.3 is 11.9 Å². The smallest absolute Gasteiger partial charge is 0.339 e. The number of unbranched alkanes of at least 4 members (excludes halogenated alkanes) is 24. The number of carbonyl (C=O) groups excluding carboxylic acids is 2. The van der Waals surface area contributed by atoms with Gasteiger partial charge in [-0.1, -0.05) is 233 Å². The van der Waals surface area contributed by atoms with Crippen LogP contribution in [-0.4, -0.2) is 34.9 Å². The number of aromatic nitrogens is 2. The predicted molar refractivity (Wildman–Crippen MR) is 292 cm³/mol. The van der Waals surface area contributed by atoms with Crippen LogP contribution in [0.5, 0.6) is 0 Å². The molecular weight excluding hydrogens is 885 g/mol. The molecule has 6 nitrogen and oxygen atoms in total. The van der Waals surface area contributed by atoms with E-state index in [1.807, 2.05) is 0 Å². The lowest BCUT2D eigenvalue weighted by molar-refractivity contribution is 0.0557. The van der Waals surface area contributed by atoms with Crippen molar-refractivity contribution in [3.8, 4) is 20.9 Å². The Morgan fingerprint density at radius 1 is 0.448 bits per heavy atom. The molecule has 2 unspecified atom stereocenters. The minimum Gasteiger partial charge on any atom is -0.465 e. The molecule has 0 saturated carbocycles. The van der Waals surface area contributed by atoms with Gasteiger partial charge in [-0.05, 0) is 58.7 Å². The number of hydrogen-bond donors (Lipinski definition) is 0. The molecule has 0 bridgehead atoms. The van der Waals surface area contributed by atoms with Crippen molar-refractivity contribution in [1.29, 1.82) is 0 Å². The first-order valence-electron chi connectivity index (χ1n) is 27.5. The third kappa shape index (κ3) is 20.0. The molecule has 2 atom stereocenters. The Labute approximate surface area is 420 Å². The molecule has 4 aromatic rings. The number of benzene rings is 1. The van der Waals surface area contributed by atoms with E-state index < -0.39 is 11.9 Å². The van der Waals surface area contributed by atoms with Gasteiger partial charge in [0.15, 0.2) is 0 Å². The van der Waals surface area contributed by atoms with E-state index in [-0.39, 0.29) is 11.1 Å². The zero-order chi connectivity index (χ0) is 47.9. The van der Waals surface area contributed by atoms with Crippen molar-refractivity contribution < 1.29 is 19.1 Å². The lowest BCUT2D eigenvalue weighted by Crippen LogP contribution is -2.15. The molecule has 0 fully saturated rings. The van der Waals surface area contributed by atoms with E-state index in [1.165, 1.54) is 231 Å². The number of rotatable bonds is 40. The molecule has 0 aliphatic carbocycles. The van der Waals surface area contributed by atoms with E-state index in [4.69, 9.17) is 18.2 Å². The van der Waals surface area contributed by atoms with Crippen molar-refractivity contribution in [3.63, 3.8) is 0 Å². The molecule has 67 heavy (non-hydrogen) atoms. The summed E-state index contributed by atoms with van der Waals surface area (Å²) in [5.74, 6) is 0.138. The fourth-order valence-electron chi connectivity index (χ4n) is 10.2. The van der Waals surface area contributed by atoms with Crippen LogP contribution in [0.3, 0.4) is 0 Å². The van der Waals surface area contributed by atoms with Crippen molar-refractivity contribution in [2.45, 2.75) is 246 Å². The van der Waals surface area contributed by atoms with Crippen molar-refractivity contribution in [1.82, 2.24) is 8.75 Å². The Morgan fingerprint density at radius 3 is 1.01 bits per heavy atom. The fourth-order valence-corrected chi connectivity index (χ4v) is 12.8. The second-order valence-corrected chi connectivity index (χ2v) is 22.2. The predicted octanol–water partition coefficient (Wildman–Crippen LogP) is 19.6. The molecule has 9 heteroatoms. The summed E-state index contributed by atoms with van der Waals surface area (Å²) >= 11 is 4.39. The number of esters is 2. The fraction of sp³-hybridized carbons (Fsp3) is 0.724. The molecule has 0 aliphatic heterocycles. The van der Waals surface area contributed by atoms with Crippen LogP contribution < -0.4 is 0 Å². The maximum absolute atomic E-state index is 14.1. The molecule has 1 aromatic carbocycles. The molecule has 0 radical (unpaired) electrons. The zero-order valence-corrected chi connectivity index (χ0v) is 45.7. The maximum atomic E-state index is 14.1. The van der Waals surface area contributed by atoms with Crippen LogP contribution in [0.25, 0.3) is 31.9 Å². The number of nitrogens with zero attached hydrogens (tertiary/aromatic N) is 2. The van der Waals surface area contributed by atoms with Crippen LogP contribution in [0.4, 0.5) is 0 Å². The van der Waals surface area contributed by atoms with Crippen LogP contribution in [0.15, 0.2) is 22.9 Å². The number of hydrogen-bond acceptors (Lipinski definition) is 9. The number of fused-ring (bicyclic) bond motifs is 1. The lowest BCUT2D eigenvalue weighted by Gasteiger charge is -2.17. The highest BCUT2D eigenvalue weighted by Gasteiger charge is 2.34. The van der Waals surface area contributed by atoms with E-state index >= 15 is 0 Å². The monoisotopic (exact) mass is 977 g/mol. The van der Waals surface area contributed by atoms with Gasteiger partial charge in [-0.3, -0.25) is 0 Å². The number of carbonyl (C=O) groups is 2. The van der Waals surface area contributed by atoms with E-state index in [0.29, 0.717) is 34.0 Å². The zero-order valence-electron chi connectivity index (χ0n) is 43.3. The Hall–Kier alpha value is -2.62. The Kier molecular flexibility index (Phi) is 29.4. The molecule has 0 spiro atoms. The van der Waals surface area contributed by atoms with Crippen molar-refractivity contribution in [3.05, 3.63) is 45.1 Å². The molecule has 0 amide bonds. The van der Waals surface area contributed by atoms with E-state index in [9.17, 15) is 9.59 Å². The summed E-state index contributed by atoms with van der Waals surface area (Å²) in [4.78, 5) is 30.1. The van der Waals surface area contributed by atoms with E-state index in [1.54, 1.807) is 22.7 Å². The van der Waals surface area contributed by atoms with Crippen LogP contribution in [0.1, 0.15) is 265 Å². The first kappa shape index (κ1) is 57.0. The van der Waals surface area contributed by atoms with Gasteiger partial charge in [0, 0.05) is 20.9 Å². The first-order chi connectivity index (χ1) is 32.9. The topological polar surface area (TPSA) is 78.4 Å². The molecule has 0 aliphatic rings. The van der Waals surface area contributed by atoms with Crippen LogP contribution in [0.2, 0.25) is 0 Å². The molecular formula is C58H92N2O4S3. The minimum absolute atomic E-state index is 0.228. The Bertz CT molecular complexity index is 1790. The third-order valence-corrected chi connectivity index (χ3v) is 16.7. The summed E-state index contributed by atoms with van der Waals surface area (Å²) in [5, 5.41) is 4.52. The van der Waals surface area contributed by atoms with Gasteiger partial charge in [-0.2, -0.15) is 8.75 Å². The van der Waals surface area contributed by atoms with Gasteiger partial charge in [-0.25, -0.2) is 9.59 Å². The van der Waals surface area contributed by atoms with E-state index in [2.05, 4.69) is 50.6 Å². The average Bonchev–Trinajstić information content (AvgIpc) is 4.14. The van der Waals surface area contributed by atoms with Crippen LogP contribution in [-0.2, 0) is 22.3 Å². The standard InChI is InChI=1S/C58H92N2O4S3/c1-7-11-15-19-23-25-29-33-37-45(35-31-27-21-17-13-9-3)39-47-41-49(65-43-47)51-53(57(61)63-5)54(58(62)64-6)52(56-55(51)59-67-60-56)50-42-48(44-66-50)40-46(36-32-28-22-18-14-10-4)38-34-30-26-24-20-16-12-8-2/h41-46H,7-40H2,1-6H3. The van der Waals surface area contributed by atoms with Gasteiger partial charge in [0.25, 0.3) is 0 Å². The van der Waals surface area contributed by atoms with Crippen LogP contribution in [0, 0.1) is 11.8 Å². The third-order valence-electron chi connectivity index (χ3n) is 14.2. The molecule has 3 aromatic heterocycles. The second kappa shape index (κ2) is 34.6. The maximum Gasteiger partial charge on any atom is 0.339 e. The van der Waals surface area contributed by atoms with Gasteiger partial charge < -0.3 is 9.47 Å². The number of ether oxygens (including phenoxy) is 2. The quantitative estimate of drug-likeness (QED) is 0.0326. The summed E-state index contributed by atoms with van der Waals surface area (Å²) in [5.41, 5.74) is 5.59. The van der Waals surface area contributed by atoms with E-state index in [0.717, 1.165) is 34.3 Å². The normalized spacial score (nSPS) is 12.6. The van der Waals surface area contributed by atoms with Gasteiger partial charge in [0.05, 0.1) is 37.1 Å². The summed E-state index contributed by atoms with van der Waals surface area (Å²) in [6.45, 7) is 9.15. The molecule has 0 N–H and O–H groups in total. The number of thiophene rings is 2. The lowest BCUT2D eigenvalue weighted by atomic mass is 9.88. The summed E-state index contributed by atoms with van der Waals surface area (Å²) in [7, 11) is 2.79. The second-order valence-electron chi connectivity index (χ2n) is 19.9. The molecule has 3 heterocycles. The molecule has 376 valence electrons. The highest BCUT2D eigenvalue weighted by Crippen LogP contribution is 2.46. The van der Waals surface area contributed by atoms with Gasteiger partial charge in [0.2, 0.25) is 0 Å². The Balaban J connectivity index is 1.61. The molecule has 0 saturated heterocycles. The van der Waals surface area contributed by atoms with Gasteiger partial charge in [0.1, 0.15) is 11.0 Å². The van der Waals surface area contributed by atoms with Crippen molar-refractivity contribution in [2.75, 3.05) is 14.2 Å². The molecule has 4 rings (SSSR count). The SMILES string of the molecule is CCCCCCCCCCC(CCCCCCCC)Cc1csc(-c2c(C(=O)OC)c(C(=O)OC)c(-c3cc(CC(CCCCCCCC)CCCCCCCCCC)cs3)c3nsnc23)c1. The average molecular weight is 978 g/mol. The van der Waals surface area contributed by atoms with Crippen molar-refractivity contribution >= 4 is 57.4 Å². The van der Waals surface area contributed by atoms with Crippen molar-refractivity contribution in [2.24, 2.45) is 11.8 Å². The summed E-state index contributed by atoms with van der Waals surface area (Å²) in [6, 6.07) is 4.49. The highest BCUT2D eigenvalue weighted by molar-refractivity contribution is 7.14. The first-order valence-corrected chi connectivity index (χ1v) is 30.0. The number of methoxy groups -OCH3 is 2. The van der Waals surface area contributed by atoms with Gasteiger partial charge in [-0.15, -0.1) is 22.7 Å². The largest absolute Gasteiger partial charge is 0.465 e. The Morgan fingerprint density at radius 2 is 0.731 bits per heavy atom.